The summed E-state index contributed by atoms with van der Waals surface area (Å²) in [6, 6.07) is 2.31. The number of hydrogen-bond acceptors (Lipinski definition) is 3. The zero-order valence-electron chi connectivity index (χ0n) is 8.98. The molecular formula is C11H18N2O2. The van der Waals surface area contributed by atoms with Gasteiger partial charge >= 0.3 is 5.97 Å². The average Bonchev–Trinajstić information content (AvgIpc) is 2.20. The lowest BCUT2D eigenvalue weighted by molar-refractivity contribution is -0.138. The number of carboxylic acids is 1. The Balaban J connectivity index is 2.36. The van der Waals surface area contributed by atoms with Gasteiger partial charge in [0.2, 0.25) is 0 Å². The first-order chi connectivity index (χ1) is 7.24. The number of hydrogen-bond donors (Lipinski definition) is 1. The van der Waals surface area contributed by atoms with Gasteiger partial charge in [0.15, 0.2) is 0 Å². The van der Waals surface area contributed by atoms with Crippen molar-refractivity contribution in [1.82, 2.24) is 4.90 Å². The van der Waals surface area contributed by atoms with E-state index in [1.165, 1.54) is 0 Å². The molecule has 0 aromatic heterocycles. The SMILES string of the molecule is N#CCCCN1CCCCC1CC(=O)O. The molecule has 1 unspecified atom stereocenters. The van der Waals surface area contributed by atoms with Crippen LogP contribution >= 0.6 is 0 Å². The third-order valence-electron chi connectivity index (χ3n) is 2.89. The van der Waals surface area contributed by atoms with Crippen LogP contribution in [0.5, 0.6) is 0 Å². The summed E-state index contributed by atoms with van der Waals surface area (Å²) in [5, 5.41) is 17.2. The van der Waals surface area contributed by atoms with Crippen molar-refractivity contribution in [3.63, 3.8) is 0 Å². The molecule has 0 aromatic rings. The molecule has 84 valence electrons. The maximum atomic E-state index is 10.7. The lowest BCUT2D eigenvalue weighted by Crippen LogP contribution is -2.41. The fourth-order valence-corrected chi connectivity index (χ4v) is 2.15. The van der Waals surface area contributed by atoms with Crippen LogP contribution in [0.3, 0.4) is 0 Å². The lowest BCUT2D eigenvalue weighted by atomic mass is 9.99. The molecular weight excluding hydrogens is 192 g/mol. The monoisotopic (exact) mass is 210 g/mol. The highest BCUT2D eigenvalue weighted by molar-refractivity contribution is 5.67. The quantitative estimate of drug-likeness (QED) is 0.700. The van der Waals surface area contributed by atoms with Crippen LogP contribution in [0, 0.1) is 11.3 Å². The maximum Gasteiger partial charge on any atom is 0.304 e. The zero-order valence-corrected chi connectivity index (χ0v) is 8.98. The van der Waals surface area contributed by atoms with Crippen LogP contribution in [0.1, 0.15) is 38.5 Å². The Morgan fingerprint density at radius 1 is 1.53 bits per heavy atom. The van der Waals surface area contributed by atoms with Crippen LogP contribution in [0.15, 0.2) is 0 Å². The Bertz CT molecular complexity index is 247. The highest BCUT2D eigenvalue weighted by Gasteiger charge is 2.23. The van der Waals surface area contributed by atoms with Gasteiger partial charge in [-0.25, -0.2) is 0 Å². The zero-order chi connectivity index (χ0) is 11.1. The van der Waals surface area contributed by atoms with E-state index in [9.17, 15) is 4.79 Å². The van der Waals surface area contributed by atoms with Crippen molar-refractivity contribution >= 4 is 5.97 Å². The molecule has 0 radical (unpaired) electrons. The minimum atomic E-state index is -0.716. The highest BCUT2D eigenvalue weighted by Crippen LogP contribution is 2.19. The standard InChI is InChI=1S/C11H18N2O2/c12-6-2-4-8-13-7-3-1-5-10(13)9-11(14)15/h10H,1-5,7-9H2,(H,14,15). The number of aliphatic carboxylic acids is 1. The van der Waals surface area contributed by atoms with Crippen molar-refractivity contribution in [1.29, 1.82) is 5.26 Å². The second-order valence-corrected chi connectivity index (χ2v) is 4.05. The molecule has 1 atom stereocenters. The second kappa shape index (κ2) is 6.41. The summed E-state index contributed by atoms with van der Waals surface area (Å²) in [5.74, 6) is -0.716. The first-order valence-corrected chi connectivity index (χ1v) is 5.57. The topological polar surface area (TPSA) is 64.3 Å². The molecule has 4 heteroatoms. The lowest BCUT2D eigenvalue weighted by Gasteiger charge is -2.34. The second-order valence-electron chi connectivity index (χ2n) is 4.05. The smallest absolute Gasteiger partial charge is 0.304 e. The third kappa shape index (κ3) is 4.30. The summed E-state index contributed by atoms with van der Waals surface area (Å²) in [4.78, 5) is 12.9. The van der Waals surface area contributed by atoms with Gasteiger partial charge in [-0.1, -0.05) is 6.42 Å². The van der Waals surface area contributed by atoms with Crippen molar-refractivity contribution in [3.05, 3.63) is 0 Å². The molecule has 0 spiro atoms. The van der Waals surface area contributed by atoms with E-state index in [-0.39, 0.29) is 12.5 Å². The van der Waals surface area contributed by atoms with Crippen molar-refractivity contribution in [2.45, 2.75) is 44.6 Å². The van der Waals surface area contributed by atoms with Gasteiger partial charge in [0, 0.05) is 12.5 Å². The minimum Gasteiger partial charge on any atom is -0.481 e. The molecule has 0 bridgehead atoms. The molecule has 1 fully saturated rings. The normalized spacial score (nSPS) is 22.2. The van der Waals surface area contributed by atoms with E-state index < -0.39 is 5.97 Å². The first kappa shape index (κ1) is 12.0. The summed E-state index contributed by atoms with van der Waals surface area (Å²) >= 11 is 0. The fourth-order valence-electron chi connectivity index (χ4n) is 2.15. The number of carboxylic acid groups (broad SMARTS) is 1. The summed E-state index contributed by atoms with van der Waals surface area (Å²) in [5.41, 5.74) is 0. The van der Waals surface area contributed by atoms with Crippen LogP contribution in [0.25, 0.3) is 0 Å². The average molecular weight is 210 g/mol. The van der Waals surface area contributed by atoms with E-state index >= 15 is 0 Å². The fraction of sp³-hybridized carbons (Fsp3) is 0.818. The number of nitriles is 1. The Labute approximate surface area is 90.5 Å². The van der Waals surface area contributed by atoms with E-state index in [0.717, 1.165) is 38.8 Å². The van der Waals surface area contributed by atoms with Crippen LogP contribution in [0.2, 0.25) is 0 Å². The van der Waals surface area contributed by atoms with E-state index in [1.807, 2.05) is 0 Å². The summed E-state index contributed by atoms with van der Waals surface area (Å²) < 4.78 is 0. The van der Waals surface area contributed by atoms with Gasteiger partial charge < -0.3 is 5.11 Å². The summed E-state index contributed by atoms with van der Waals surface area (Å²) in [6.07, 6.45) is 4.93. The van der Waals surface area contributed by atoms with Gasteiger partial charge in [-0.3, -0.25) is 9.69 Å². The van der Waals surface area contributed by atoms with Crippen LogP contribution in [0.4, 0.5) is 0 Å². The molecule has 1 aliphatic heterocycles. The third-order valence-corrected chi connectivity index (χ3v) is 2.89. The van der Waals surface area contributed by atoms with Gasteiger partial charge in [-0.05, 0) is 32.4 Å². The molecule has 1 heterocycles. The summed E-state index contributed by atoms with van der Waals surface area (Å²) in [6.45, 7) is 1.86. The first-order valence-electron chi connectivity index (χ1n) is 5.57. The van der Waals surface area contributed by atoms with Crippen molar-refractivity contribution in [2.24, 2.45) is 0 Å². The van der Waals surface area contributed by atoms with Crippen molar-refractivity contribution in [3.8, 4) is 6.07 Å². The predicted molar refractivity (Wildman–Crippen MR) is 56.3 cm³/mol. The number of piperidine rings is 1. The number of unbranched alkanes of at least 4 members (excludes halogenated alkanes) is 1. The molecule has 0 aliphatic carbocycles. The Kier molecular flexibility index (Phi) is 5.13. The number of likely N-dealkylation sites (tertiary alicyclic amines) is 1. The van der Waals surface area contributed by atoms with Crippen LogP contribution < -0.4 is 0 Å². The van der Waals surface area contributed by atoms with Gasteiger partial charge in [0.05, 0.1) is 12.5 Å². The van der Waals surface area contributed by atoms with Crippen LogP contribution in [-0.2, 0) is 4.79 Å². The molecule has 1 rings (SSSR count). The van der Waals surface area contributed by atoms with Gasteiger partial charge in [-0.15, -0.1) is 0 Å². The highest BCUT2D eigenvalue weighted by atomic mass is 16.4. The van der Waals surface area contributed by atoms with Gasteiger partial charge in [0.25, 0.3) is 0 Å². The van der Waals surface area contributed by atoms with E-state index in [1.54, 1.807) is 0 Å². The van der Waals surface area contributed by atoms with Crippen molar-refractivity contribution in [2.75, 3.05) is 13.1 Å². The van der Waals surface area contributed by atoms with Gasteiger partial charge in [-0.2, -0.15) is 5.26 Å². The number of carbonyl (C=O) groups is 1. The Morgan fingerprint density at radius 2 is 2.33 bits per heavy atom. The van der Waals surface area contributed by atoms with E-state index in [0.29, 0.717) is 6.42 Å². The molecule has 1 N–H and O–H groups in total. The molecule has 1 saturated heterocycles. The minimum absolute atomic E-state index is 0.190. The molecule has 4 nitrogen and oxygen atoms in total. The molecule has 15 heavy (non-hydrogen) atoms. The Hall–Kier alpha value is -1.08. The van der Waals surface area contributed by atoms with E-state index in [2.05, 4.69) is 11.0 Å². The van der Waals surface area contributed by atoms with Crippen LogP contribution in [-0.4, -0.2) is 35.1 Å². The van der Waals surface area contributed by atoms with Crippen molar-refractivity contribution < 1.29 is 9.90 Å². The largest absolute Gasteiger partial charge is 0.481 e. The molecule has 0 amide bonds. The Morgan fingerprint density at radius 3 is 3.00 bits per heavy atom. The molecule has 0 saturated carbocycles. The predicted octanol–water partition coefficient (Wildman–Crippen LogP) is 1.62. The number of nitrogens with zero attached hydrogens (tertiary/aromatic N) is 2. The number of rotatable bonds is 5. The van der Waals surface area contributed by atoms with E-state index in [4.69, 9.17) is 10.4 Å². The maximum absolute atomic E-state index is 10.7. The molecule has 1 aliphatic rings. The summed E-state index contributed by atoms with van der Waals surface area (Å²) in [7, 11) is 0. The molecule has 0 aromatic carbocycles. The van der Waals surface area contributed by atoms with Gasteiger partial charge in [0.1, 0.15) is 0 Å².